The van der Waals surface area contributed by atoms with E-state index in [4.69, 9.17) is 4.42 Å². The predicted octanol–water partition coefficient (Wildman–Crippen LogP) is 3.59. The first-order valence-corrected chi connectivity index (χ1v) is 7.29. The summed E-state index contributed by atoms with van der Waals surface area (Å²) in [7, 11) is 0. The van der Waals surface area contributed by atoms with Gasteiger partial charge in [0.25, 0.3) is 5.89 Å². The average Bonchev–Trinajstić information content (AvgIpc) is 3.15. The third-order valence-electron chi connectivity index (χ3n) is 2.88. The summed E-state index contributed by atoms with van der Waals surface area (Å²) in [5, 5.41) is 18.8. The number of aryl methyl sites for hydroxylation is 1. The Morgan fingerprint density at radius 1 is 1.22 bits per heavy atom. The number of alkyl halides is 2. The SMILES string of the molecule is Cc1nnc(NCc2ccc(-c3nnc(C(F)F)o3)cc2F)s1. The van der Waals surface area contributed by atoms with Gasteiger partial charge in [-0.25, -0.2) is 4.39 Å². The zero-order valence-corrected chi connectivity index (χ0v) is 12.6. The van der Waals surface area contributed by atoms with E-state index in [1.807, 2.05) is 6.92 Å². The van der Waals surface area contributed by atoms with E-state index in [0.717, 1.165) is 11.1 Å². The van der Waals surface area contributed by atoms with E-state index in [2.05, 4.69) is 25.7 Å². The van der Waals surface area contributed by atoms with Gasteiger partial charge in [-0.3, -0.25) is 0 Å². The second-order valence-corrected chi connectivity index (χ2v) is 5.71. The van der Waals surface area contributed by atoms with Gasteiger partial charge in [0, 0.05) is 17.7 Å². The highest BCUT2D eigenvalue weighted by Crippen LogP contribution is 2.25. The maximum Gasteiger partial charge on any atom is 0.314 e. The van der Waals surface area contributed by atoms with Crippen molar-refractivity contribution in [2.75, 3.05) is 5.32 Å². The molecule has 0 aliphatic heterocycles. The number of halogens is 3. The highest BCUT2D eigenvalue weighted by molar-refractivity contribution is 7.15. The molecule has 0 aliphatic carbocycles. The van der Waals surface area contributed by atoms with Crippen molar-refractivity contribution in [3.8, 4) is 11.5 Å². The Balaban J connectivity index is 1.74. The highest BCUT2D eigenvalue weighted by atomic mass is 32.1. The first kappa shape index (κ1) is 15.4. The number of hydrogen-bond acceptors (Lipinski definition) is 7. The van der Waals surface area contributed by atoms with Crippen molar-refractivity contribution < 1.29 is 17.6 Å². The fourth-order valence-electron chi connectivity index (χ4n) is 1.80. The number of hydrogen-bond donors (Lipinski definition) is 1. The molecule has 2 heterocycles. The number of rotatable bonds is 5. The maximum atomic E-state index is 14.1. The second kappa shape index (κ2) is 6.32. The van der Waals surface area contributed by atoms with Crippen LogP contribution in [0.1, 0.15) is 22.9 Å². The molecule has 10 heteroatoms. The molecule has 0 aliphatic rings. The maximum absolute atomic E-state index is 14.1. The molecule has 0 radical (unpaired) electrons. The van der Waals surface area contributed by atoms with Gasteiger partial charge in [0.1, 0.15) is 10.8 Å². The number of nitrogens with one attached hydrogen (secondary N) is 1. The van der Waals surface area contributed by atoms with Gasteiger partial charge in [0.2, 0.25) is 11.0 Å². The van der Waals surface area contributed by atoms with E-state index >= 15 is 0 Å². The minimum Gasteiger partial charge on any atom is -0.415 e. The summed E-state index contributed by atoms with van der Waals surface area (Å²) in [6.07, 6.45) is -2.86. The van der Waals surface area contributed by atoms with Gasteiger partial charge in [-0.1, -0.05) is 17.4 Å². The van der Waals surface area contributed by atoms with Crippen LogP contribution in [0.2, 0.25) is 0 Å². The van der Waals surface area contributed by atoms with Crippen LogP contribution >= 0.6 is 11.3 Å². The van der Waals surface area contributed by atoms with Crippen molar-refractivity contribution in [2.24, 2.45) is 0 Å². The number of nitrogens with zero attached hydrogens (tertiary/aromatic N) is 4. The number of anilines is 1. The van der Waals surface area contributed by atoms with Crippen molar-refractivity contribution in [2.45, 2.75) is 19.9 Å². The molecule has 2 aromatic heterocycles. The molecule has 0 amide bonds. The molecular weight excluding hydrogens is 331 g/mol. The van der Waals surface area contributed by atoms with E-state index < -0.39 is 18.1 Å². The largest absolute Gasteiger partial charge is 0.415 e. The second-order valence-electron chi connectivity index (χ2n) is 4.53. The zero-order valence-electron chi connectivity index (χ0n) is 11.8. The minimum atomic E-state index is -2.86. The van der Waals surface area contributed by atoms with Crippen LogP contribution in [0.25, 0.3) is 11.5 Å². The Labute approximate surface area is 132 Å². The monoisotopic (exact) mass is 341 g/mol. The fourth-order valence-corrected chi connectivity index (χ4v) is 2.39. The van der Waals surface area contributed by atoms with Gasteiger partial charge in [0.15, 0.2) is 0 Å². The van der Waals surface area contributed by atoms with E-state index in [0.29, 0.717) is 10.7 Å². The summed E-state index contributed by atoms with van der Waals surface area (Å²) in [6.45, 7) is 2.03. The van der Waals surface area contributed by atoms with Gasteiger partial charge >= 0.3 is 6.43 Å². The molecule has 0 unspecified atom stereocenters. The molecule has 0 saturated carbocycles. The van der Waals surface area contributed by atoms with Crippen molar-refractivity contribution in [1.82, 2.24) is 20.4 Å². The Bertz CT molecular complexity index is 820. The predicted molar refractivity (Wildman–Crippen MR) is 76.6 cm³/mol. The van der Waals surface area contributed by atoms with Crippen LogP contribution < -0.4 is 5.32 Å². The van der Waals surface area contributed by atoms with Gasteiger partial charge in [-0.05, 0) is 19.1 Å². The number of benzene rings is 1. The summed E-state index contributed by atoms with van der Waals surface area (Å²) < 4.78 is 43.7. The van der Waals surface area contributed by atoms with Crippen molar-refractivity contribution >= 4 is 16.5 Å². The topological polar surface area (TPSA) is 76.7 Å². The van der Waals surface area contributed by atoms with E-state index in [-0.39, 0.29) is 18.0 Å². The lowest BCUT2D eigenvalue weighted by Crippen LogP contribution is -2.01. The lowest BCUT2D eigenvalue weighted by Gasteiger charge is -2.05. The zero-order chi connectivity index (χ0) is 16.4. The van der Waals surface area contributed by atoms with Crippen LogP contribution in [0.4, 0.5) is 18.3 Å². The highest BCUT2D eigenvalue weighted by Gasteiger charge is 2.17. The Morgan fingerprint density at radius 2 is 2.04 bits per heavy atom. The molecule has 3 aromatic rings. The molecule has 23 heavy (non-hydrogen) atoms. The van der Waals surface area contributed by atoms with Crippen LogP contribution in [0.5, 0.6) is 0 Å². The molecule has 6 nitrogen and oxygen atoms in total. The molecule has 0 bridgehead atoms. The smallest absolute Gasteiger partial charge is 0.314 e. The summed E-state index contributed by atoms with van der Waals surface area (Å²) in [5.41, 5.74) is 0.618. The summed E-state index contributed by atoms with van der Waals surface area (Å²) in [6, 6.07) is 4.19. The van der Waals surface area contributed by atoms with Crippen molar-refractivity contribution in [3.05, 3.63) is 40.5 Å². The van der Waals surface area contributed by atoms with Gasteiger partial charge < -0.3 is 9.73 Å². The van der Waals surface area contributed by atoms with E-state index in [9.17, 15) is 13.2 Å². The first-order chi connectivity index (χ1) is 11.0. The molecule has 1 aromatic carbocycles. The molecule has 0 fully saturated rings. The lowest BCUT2D eigenvalue weighted by atomic mass is 10.1. The molecular formula is C13H10F3N5OS. The Hall–Kier alpha value is -2.49. The quantitative estimate of drug-likeness (QED) is 0.764. The average molecular weight is 341 g/mol. The van der Waals surface area contributed by atoms with Crippen LogP contribution in [0.15, 0.2) is 22.6 Å². The fraction of sp³-hybridized carbons (Fsp3) is 0.231. The number of aromatic nitrogens is 4. The van der Waals surface area contributed by atoms with Crippen molar-refractivity contribution in [1.29, 1.82) is 0 Å². The van der Waals surface area contributed by atoms with Crippen LogP contribution in [-0.4, -0.2) is 20.4 Å². The van der Waals surface area contributed by atoms with Crippen molar-refractivity contribution in [3.63, 3.8) is 0 Å². The molecule has 3 rings (SSSR count). The van der Waals surface area contributed by atoms with Crippen LogP contribution in [-0.2, 0) is 6.54 Å². The van der Waals surface area contributed by atoms with Gasteiger partial charge in [-0.15, -0.1) is 20.4 Å². The first-order valence-electron chi connectivity index (χ1n) is 6.47. The summed E-state index contributed by atoms with van der Waals surface area (Å²) in [5.74, 6) is -1.47. The van der Waals surface area contributed by atoms with E-state index in [1.165, 1.54) is 23.5 Å². The van der Waals surface area contributed by atoms with Gasteiger partial charge in [-0.2, -0.15) is 8.78 Å². The van der Waals surface area contributed by atoms with E-state index in [1.54, 1.807) is 0 Å². The minimum absolute atomic E-state index is 0.154. The summed E-state index contributed by atoms with van der Waals surface area (Å²) in [4.78, 5) is 0. The third kappa shape index (κ3) is 3.47. The standard InChI is InChI=1S/C13H10F3N5OS/c1-6-18-21-13(23-6)17-5-8-3-2-7(4-9(8)14)11-19-20-12(22-11)10(15)16/h2-4,10H,5H2,1H3,(H,17,21). The third-order valence-corrected chi connectivity index (χ3v) is 3.68. The Morgan fingerprint density at radius 3 is 2.65 bits per heavy atom. The molecule has 1 N–H and O–H groups in total. The molecule has 0 atom stereocenters. The van der Waals surface area contributed by atoms with Crippen LogP contribution in [0.3, 0.4) is 0 Å². The Kier molecular flexibility index (Phi) is 4.24. The normalized spacial score (nSPS) is 11.2. The molecule has 0 spiro atoms. The van der Waals surface area contributed by atoms with Crippen LogP contribution in [0, 0.1) is 12.7 Å². The lowest BCUT2D eigenvalue weighted by molar-refractivity contribution is 0.116. The molecule has 120 valence electrons. The molecule has 0 saturated heterocycles. The summed E-state index contributed by atoms with van der Waals surface area (Å²) >= 11 is 1.36. The van der Waals surface area contributed by atoms with Gasteiger partial charge in [0.05, 0.1) is 0 Å².